The molecular weight excluding hydrogens is 440 g/mol. The van der Waals surface area contributed by atoms with E-state index in [0.717, 1.165) is 11.6 Å². The topological polar surface area (TPSA) is 86.1 Å². The molecule has 6 nitrogen and oxygen atoms in total. The van der Waals surface area contributed by atoms with E-state index < -0.39 is 23.5 Å². The van der Waals surface area contributed by atoms with Gasteiger partial charge in [-0.2, -0.15) is 13.2 Å². The molecule has 0 aliphatic rings. The Morgan fingerprint density at radius 2 is 1.88 bits per heavy atom. The number of alkyl halides is 4. The van der Waals surface area contributed by atoms with Gasteiger partial charge in [-0.05, 0) is 12.1 Å². The molecule has 0 saturated heterocycles. The Morgan fingerprint density at radius 3 is 2.48 bits per heavy atom. The maximum atomic E-state index is 13.4. The highest BCUT2D eigenvalue weighted by atomic mass is 19.4. The van der Waals surface area contributed by atoms with E-state index >= 15 is 0 Å². The van der Waals surface area contributed by atoms with Crippen LogP contribution in [0.1, 0.15) is 31.2 Å². The minimum atomic E-state index is -4.58. The summed E-state index contributed by atoms with van der Waals surface area (Å²) in [6, 6.07) is 11.4. The molecular formula is C23H26F4N4O2. The first-order chi connectivity index (χ1) is 15.5. The summed E-state index contributed by atoms with van der Waals surface area (Å²) >= 11 is 0. The maximum Gasteiger partial charge on any atom is 0.449 e. The van der Waals surface area contributed by atoms with Crippen LogP contribution in [-0.2, 0) is 23.9 Å². The molecule has 0 fully saturated rings. The van der Waals surface area contributed by atoms with E-state index in [2.05, 4.69) is 10.3 Å². The fraction of sp³-hybridized carbons (Fsp3) is 0.391. The van der Waals surface area contributed by atoms with Gasteiger partial charge in [0.2, 0.25) is 11.7 Å². The first-order valence-corrected chi connectivity index (χ1v) is 10.4. The molecule has 2 aromatic heterocycles. The molecule has 3 rings (SSSR count). The number of rotatable bonds is 9. The van der Waals surface area contributed by atoms with Gasteiger partial charge < -0.3 is 20.0 Å². The Hall–Kier alpha value is -3.14. The molecule has 0 bridgehead atoms. The van der Waals surface area contributed by atoms with E-state index in [1.807, 2.05) is 30.3 Å². The Balaban J connectivity index is 1.88. The lowest BCUT2D eigenvalue weighted by Crippen LogP contribution is -2.42. The van der Waals surface area contributed by atoms with E-state index in [-0.39, 0.29) is 37.7 Å². The summed E-state index contributed by atoms with van der Waals surface area (Å²) in [6.45, 7) is 2.98. The zero-order chi connectivity index (χ0) is 24.2. The molecule has 0 aliphatic carbocycles. The van der Waals surface area contributed by atoms with Crippen LogP contribution in [0.4, 0.5) is 17.6 Å². The summed E-state index contributed by atoms with van der Waals surface area (Å²) in [5.74, 6) is -0.879. The smallest absolute Gasteiger partial charge is 0.449 e. The first-order valence-electron chi connectivity index (χ1n) is 10.4. The summed E-state index contributed by atoms with van der Waals surface area (Å²) in [4.78, 5) is 17.3. The van der Waals surface area contributed by atoms with Gasteiger partial charge >= 0.3 is 6.18 Å². The molecule has 3 aromatic rings. The highest BCUT2D eigenvalue weighted by Gasteiger charge is 2.35. The molecule has 1 atom stereocenters. The number of benzene rings is 1. The molecule has 0 spiro atoms. The van der Waals surface area contributed by atoms with Crippen molar-refractivity contribution in [3.05, 3.63) is 66.0 Å². The van der Waals surface area contributed by atoms with Gasteiger partial charge in [-0.3, -0.25) is 4.79 Å². The number of furan rings is 1. The molecule has 1 amide bonds. The molecule has 0 radical (unpaired) electrons. The van der Waals surface area contributed by atoms with Crippen LogP contribution in [0.3, 0.4) is 0 Å². The molecule has 3 N–H and O–H groups in total. The van der Waals surface area contributed by atoms with Gasteiger partial charge in [0.15, 0.2) is 0 Å². The molecule has 0 saturated carbocycles. The van der Waals surface area contributed by atoms with Crippen LogP contribution in [-0.4, -0.2) is 34.7 Å². The first kappa shape index (κ1) is 24.5. The lowest BCUT2D eigenvalue weighted by molar-refractivity contribution is -0.153. The third kappa shape index (κ3) is 6.22. The van der Waals surface area contributed by atoms with E-state index in [1.165, 1.54) is 6.07 Å². The van der Waals surface area contributed by atoms with Crippen molar-refractivity contribution < 1.29 is 26.8 Å². The molecule has 33 heavy (non-hydrogen) atoms. The van der Waals surface area contributed by atoms with Crippen LogP contribution in [0.2, 0.25) is 0 Å². The second-order valence-corrected chi connectivity index (χ2v) is 8.40. The third-order valence-corrected chi connectivity index (χ3v) is 5.15. The molecule has 10 heteroatoms. The van der Waals surface area contributed by atoms with Crippen molar-refractivity contribution in [1.82, 2.24) is 14.9 Å². The van der Waals surface area contributed by atoms with E-state index in [4.69, 9.17) is 10.2 Å². The van der Waals surface area contributed by atoms with Gasteiger partial charge in [0.05, 0.1) is 24.2 Å². The number of amides is 1. The third-order valence-electron chi connectivity index (χ3n) is 5.15. The summed E-state index contributed by atoms with van der Waals surface area (Å²) < 4.78 is 58.8. The van der Waals surface area contributed by atoms with Crippen molar-refractivity contribution in [2.45, 2.75) is 39.2 Å². The Labute approximate surface area is 188 Å². The Morgan fingerprint density at radius 1 is 1.18 bits per heavy atom. The van der Waals surface area contributed by atoms with Crippen molar-refractivity contribution in [1.29, 1.82) is 0 Å². The van der Waals surface area contributed by atoms with Gasteiger partial charge in [0, 0.05) is 24.7 Å². The number of nitrogens with zero attached hydrogens (tertiary/aromatic N) is 2. The second kappa shape index (κ2) is 9.78. The van der Waals surface area contributed by atoms with Gasteiger partial charge in [0.25, 0.3) is 0 Å². The van der Waals surface area contributed by atoms with Crippen molar-refractivity contribution in [2.75, 3.05) is 13.1 Å². The number of nitrogens with one attached hydrogen (secondary N) is 1. The largest absolute Gasteiger partial charge is 0.455 e. The number of hydrogen-bond donors (Lipinski definition) is 2. The van der Waals surface area contributed by atoms with Crippen molar-refractivity contribution >= 4 is 5.91 Å². The van der Waals surface area contributed by atoms with Crippen molar-refractivity contribution in [2.24, 2.45) is 11.1 Å². The van der Waals surface area contributed by atoms with Crippen LogP contribution in [0.25, 0.3) is 11.3 Å². The summed E-state index contributed by atoms with van der Waals surface area (Å²) in [5.41, 5.74) is 5.71. The number of carbonyl (C=O) groups is 1. The van der Waals surface area contributed by atoms with Gasteiger partial charge in [-0.15, -0.1) is 0 Å². The number of halogens is 4. The number of carbonyl (C=O) groups excluding carboxylic acids is 1. The van der Waals surface area contributed by atoms with Crippen LogP contribution in [0.5, 0.6) is 0 Å². The predicted molar refractivity (Wildman–Crippen MR) is 115 cm³/mol. The Kier molecular flexibility index (Phi) is 7.26. The summed E-state index contributed by atoms with van der Waals surface area (Å²) in [5, 5.41) is 2.55. The van der Waals surface area contributed by atoms with Crippen LogP contribution >= 0.6 is 0 Å². The fourth-order valence-corrected chi connectivity index (χ4v) is 3.26. The summed E-state index contributed by atoms with van der Waals surface area (Å²) in [6.07, 6.45) is -4.06. The maximum absolute atomic E-state index is 13.4. The van der Waals surface area contributed by atoms with Crippen molar-refractivity contribution in [3.63, 3.8) is 0 Å². The average molecular weight is 466 g/mol. The van der Waals surface area contributed by atoms with Gasteiger partial charge in [-0.1, -0.05) is 44.2 Å². The van der Waals surface area contributed by atoms with Crippen LogP contribution in [0, 0.1) is 5.41 Å². The minimum Gasteiger partial charge on any atom is -0.455 e. The van der Waals surface area contributed by atoms with E-state index in [9.17, 15) is 22.4 Å². The number of hydrogen-bond acceptors (Lipinski definition) is 4. The highest BCUT2D eigenvalue weighted by Crippen LogP contribution is 2.31. The lowest BCUT2D eigenvalue weighted by atomic mass is 9.87. The fourth-order valence-electron chi connectivity index (χ4n) is 3.26. The molecule has 178 valence electrons. The predicted octanol–water partition coefficient (Wildman–Crippen LogP) is 4.19. The zero-order valence-corrected chi connectivity index (χ0v) is 18.3. The standard InChI is InChI=1S/C23H26F4N4O2/c1-22(2,21(32)29-12-16(24)11-28)10-20-30-18(15-6-4-3-5-7-15)14-31(20)13-17-8-9-19(33-17)23(25,26)27/h3-9,14,16H,10-13,28H2,1-2H3,(H,29,32)/t16-/m1/s1. The molecule has 1 aromatic carbocycles. The van der Waals surface area contributed by atoms with Crippen molar-refractivity contribution in [3.8, 4) is 11.3 Å². The minimum absolute atomic E-state index is 0.00265. The Bertz CT molecular complexity index is 1070. The highest BCUT2D eigenvalue weighted by molar-refractivity contribution is 5.82. The SMILES string of the molecule is CC(C)(Cc1nc(-c2ccccc2)cn1Cc1ccc(C(F)(F)F)o1)C(=O)NC[C@H](F)CN. The number of aromatic nitrogens is 2. The zero-order valence-electron chi connectivity index (χ0n) is 18.3. The van der Waals surface area contributed by atoms with Gasteiger partial charge in [-0.25, -0.2) is 9.37 Å². The van der Waals surface area contributed by atoms with E-state index in [0.29, 0.717) is 11.5 Å². The monoisotopic (exact) mass is 466 g/mol. The molecule has 0 unspecified atom stereocenters. The number of imidazole rings is 1. The molecule has 0 aliphatic heterocycles. The quantitative estimate of drug-likeness (QED) is 0.463. The van der Waals surface area contributed by atoms with Crippen LogP contribution in [0.15, 0.2) is 53.1 Å². The summed E-state index contributed by atoms with van der Waals surface area (Å²) in [7, 11) is 0. The van der Waals surface area contributed by atoms with E-state index in [1.54, 1.807) is 24.6 Å². The normalized spacial score (nSPS) is 13.2. The number of nitrogens with two attached hydrogens (primary N) is 1. The lowest BCUT2D eigenvalue weighted by Gasteiger charge is -2.24. The molecule has 2 heterocycles. The van der Waals surface area contributed by atoms with Crippen LogP contribution < -0.4 is 11.1 Å². The average Bonchev–Trinajstić information content (AvgIpc) is 3.39. The van der Waals surface area contributed by atoms with Gasteiger partial charge in [0.1, 0.15) is 17.8 Å². The second-order valence-electron chi connectivity index (χ2n) is 8.40.